The van der Waals surface area contributed by atoms with Crippen LogP contribution in [0.3, 0.4) is 0 Å². The Morgan fingerprint density at radius 3 is 3.00 bits per heavy atom. The maximum atomic E-state index is 10.8. The van der Waals surface area contributed by atoms with Crippen LogP contribution in [0.25, 0.3) is 0 Å². The molecule has 1 rings (SSSR count). The number of hydrogen-bond acceptors (Lipinski definition) is 1. The van der Waals surface area contributed by atoms with E-state index in [1.54, 1.807) is 0 Å². The largest absolute Gasteiger partial charge is 0.295 e. The Labute approximate surface area is 55.9 Å². The van der Waals surface area contributed by atoms with Gasteiger partial charge in [0.15, 0.2) is 5.78 Å². The first-order valence-electron chi connectivity index (χ1n) is 2.93. The number of allylic oxidation sites excluding steroid dienone is 4. The molecule has 0 spiro atoms. The summed E-state index contributed by atoms with van der Waals surface area (Å²) in [6, 6.07) is 0. The average molecular weight is 118 g/mol. The van der Waals surface area contributed by atoms with Crippen LogP contribution in [0, 0.1) is 0 Å². The summed E-state index contributed by atoms with van der Waals surface area (Å²) >= 11 is 0. The van der Waals surface area contributed by atoms with Gasteiger partial charge in [-0.3, -0.25) is 4.79 Å². The van der Waals surface area contributed by atoms with Crippen molar-refractivity contribution in [1.82, 2.24) is 0 Å². The number of hydrogen-bond donors (Lipinski definition) is 0. The van der Waals surface area contributed by atoms with Crippen molar-refractivity contribution in [2.75, 3.05) is 0 Å². The summed E-state index contributed by atoms with van der Waals surface area (Å²) in [5.41, 5.74) is 0.831. The van der Waals surface area contributed by atoms with E-state index in [0.717, 1.165) is 12.0 Å². The molecular weight excluding hydrogens is 111 g/mol. The van der Waals surface area contributed by atoms with E-state index in [4.69, 9.17) is 7.85 Å². The number of carbonyl (C=O) groups is 1. The zero-order valence-corrected chi connectivity index (χ0v) is 5.13. The second-order valence-corrected chi connectivity index (χ2v) is 1.95. The molecule has 0 saturated heterocycles. The highest BCUT2D eigenvalue weighted by Crippen LogP contribution is 2.11. The van der Waals surface area contributed by atoms with E-state index in [1.165, 1.54) is 0 Å². The SMILES string of the molecule is [B]CC(=O)C1=CC=CC1. The third-order valence-electron chi connectivity index (χ3n) is 1.31. The van der Waals surface area contributed by atoms with Crippen molar-refractivity contribution in [2.24, 2.45) is 0 Å². The first-order chi connectivity index (χ1) is 4.34. The lowest BCUT2D eigenvalue weighted by Crippen LogP contribution is -1.97. The quantitative estimate of drug-likeness (QED) is 0.495. The summed E-state index contributed by atoms with van der Waals surface area (Å²) in [6.45, 7) is 0. The van der Waals surface area contributed by atoms with Crippen molar-refractivity contribution in [3.8, 4) is 0 Å². The molecule has 0 saturated carbocycles. The van der Waals surface area contributed by atoms with Crippen LogP contribution in [-0.4, -0.2) is 13.6 Å². The summed E-state index contributed by atoms with van der Waals surface area (Å²) < 4.78 is 0. The lowest BCUT2D eigenvalue weighted by Gasteiger charge is -1.93. The standard InChI is InChI=1S/C7H7BO/c8-5-7(9)6-3-1-2-4-6/h1-3H,4-5H2. The molecule has 44 valence electrons. The summed E-state index contributed by atoms with van der Waals surface area (Å²) in [7, 11) is 5.13. The highest BCUT2D eigenvalue weighted by molar-refractivity contribution is 6.24. The zero-order chi connectivity index (χ0) is 6.69. The van der Waals surface area contributed by atoms with Crippen LogP contribution in [0.1, 0.15) is 6.42 Å². The molecule has 2 heteroatoms. The third kappa shape index (κ3) is 1.32. The first kappa shape index (κ1) is 6.34. The van der Waals surface area contributed by atoms with Gasteiger partial charge in [-0.1, -0.05) is 18.2 Å². The molecule has 0 bridgehead atoms. The van der Waals surface area contributed by atoms with E-state index in [9.17, 15) is 4.79 Å². The minimum absolute atomic E-state index is 0.0556. The minimum atomic E-state index is 0.0556. The Kier molecular flexibility index (Phi) is 1.88. The van der Waals surface area contributed by atoms with Crippen LogP contribution >= 0.6 is 0 Å². The Morgan fingerprint density at radius 1 is 1.78 bits per heavy atom. The molecule has 1 aliphatic carbocycles. The van der Waals surface area contributed by atoms with Gasteiger partial charge in [0.05, 0.1) is 7.85 Å². The molecule has 0 aliphatic heterocycles. The molecular formula is C7H7BO. The molecule has 0 atom stereocenters. The van der Waals surface area contributed by atoms with Gasteiger partial charge in [0.2, 0.25) is 0 Å². The van der Waals surface area contributed by atoms with Crippen LogP contribution < -0.4 is 0 Å². The molecule has 0 N–H and O–H groups in total. The summed E-state index contributed by atoms with van der Waals surface area (Å²) in [5.74, 6) is 0.0556. The summed E-state index contributed by atoms with van der Waals surface area (Å²) in [6.07, 6.45) is 6.53. The molecule has 0 aromatic rings. The second-order valence-electron chi connectivity index (χ2n) is 1.95. The Bertz CT molecular complexity index is 179. The summed E-state index contributed by atoms with van der Waals surface area (Å²) in [4.78, 5) is 10.8. The highest BCUT2D eigenvalue weighted by atomic mass is 16.1. The highest BCUT2D eigenvalue weighted by Gasteiger charge is 2.05. The molecule has 0 unspecified atom stereocenters. The molecule has 0 aromatic heterocycles. The van der Waals surface area contributed by atoms with Crippen molar-refractivity contribution in [3.05, 3.63) is 23.8 Å². The monoisotopic (exact) mass is 118 g/mol. The fourth-order valence-corrected chi connectivity index (χ4v) is 0.785. The molecule has 0 aromatic carbocycles. The third-order valence-corrected chi connectivity index (χ3v) is 1.31. The zero-order valence-electron chi connectivity index (χ0n) is 5.13. The minimum Gasteiger partial charge on any atom is -0.295 e. The predicted molar refractivity (Wildman–Crippen MR) is 37.4 cm³/mol. The van der Waals surface area contributed by atoms with E-state index in [2.05, 4.69) is 0 Å². The van der Waals surface area contributed by atoms with Crippen molar-refractivity contribution in [2.45, 2.75) is 12.7 Å². The Balaban J connectivity index is 2.55. The van der Waals surface area contributed by atoms with E-state index < -0.39 is 0 Å². The lowest BCUT2D eigenvalue weighted by molar-refractivity contribution is -0.113. The van der Waals surface area contributed by atoms with Crippen LogP contribution in [-0.2, 0) is 4.79 Å². The summed E-state index contributed by atoms with van der Waals surface area (Å²) in [5, 5.41) is 0. The normalized spacial score (nSPS) is 15.8. The second kappa shape index (κ2) is 2.67. The van der Waals surface area contributed by atoms with E-state index in [1.807, 2.05) is 18.2 Å². The number of rotatable bonds is 2. The predicted octanol–water partition coefficient (Wildman–Crippen LogP) is 1.03. The van der Waals surface area contributed by atoms with Crippen molar-refractivity contribution < 1.29 is 4.79 Å². The first-order valence-corrected chi connectivity index (χ1v) is 2.93. The maximum absolute atomic E-state index is 10.8. The molecule has 2 radical (unpaired) electrons. The van der Waals surface area contributed by atoms with Crippen LogP contribution in [0.15, 0.2) is 23.8 Å². The van der Waals surface area contributed by atoms with Gasteiger partial charge >= 0.3 is 0 Å². The topological polar surface area (TPSA) is 17.1 Å². The Morgan fingerprint density at radius 2 is 2.56 bits per heavy atom. The van der Waals surface area contributed by atoms with Gasteiger partial charge in [-0.25, -0.2) is 0 Å². The van der Waals surface area contributed by atoms with Gasteiger partial charge in [-0.05, 0) is 18.3 Å². The smallest absolute Gasteiger partial charge is 0.150 e. The van der Waals surface area contributed by atoms with E-state index >= 15 is 0 Å². The fraction of sp³-hybridized carbons (Fsp3) is 0.286. The van der Waals surface area contributed by atoms with Gasteiger partial charge in [-0.15, -0.1) is 0 Å². The molecule has 0 heterocycles. The Hall–Kier alpha value is -0.785. The average Bonchev–Trinajstić information content (AvgIpc) is 2.37. The van der Waals surface area contributed by atoms with Crippen molar-refractivity contribution in [3.63, 3.8) is 0 Å². The molecule has 1 aliphatic rings. The fourth-order valence-electron chi connectivity index (χ4n) is 0.785. The van der Waals surface area contributed by atoms with Crippen LogP contribution in [0.4, 0.5) is 0 Å². The van der Waals surface area contributed by atoms with E-state index in [0.29, 0.717) is 0 Å². The van der Waals surface area contributed by atoms with Crippen LogP contribution in [0.2, 0.25) is 6.32 Å². The number of Topliss-reactive ketones (excluding diaryl/α,β-unsaturated/α-hetero) is 1. The molecule has 0 amide bonds. The van der Waals surface area contributed by atoms with Crippen LogP contribution in [0.5, 0.6) is 0 Å². The number of carbonyl (C=O) groups excluding carboxylic acids is 1. The van der Waals surface area contributed by atoms with Gasteiger partial charge in [0.25, 0.3) is 0 Å². The van der Waals surface area contributed by atoms with Gasteiger partial charge in [-0.2, -0.15) is 0 Å². The van der Waals surface area contributed by atoms with E-state index in [-0.39, 0.29) is 12.1 Å². The molecule has 9 heavy (non-hydrogen) atoms. The van der Waals surface area contributed by atoms with Crippen molar-refractivity contribution in [1.29, 1.82) is 0 Å². The van der Waals surface area contributed by atoms with Gasteiger partial charge in [0.1, 0.15) is 0 Å². The lowest BCUT2D eigenvalue weighted by atomic mass is 9.95. The maximum Gasteiger partial charge on any atom is 0.150 e. The molecule has 0 fully saturated rings. The van der Waals surface area contributed by atoms with Gasteiger partial charge < -0.3 is 0 Å². The van der Waals surface area contributed by atoms with Gasteiger partial charge in [0, 0.05) is 0 Å². The number of ketones is 1. The van der Waals surface area contributed by atoms with Crippen molar-refractivity contribution >= 4 is 13.6 Å². The molecule has 1 nitrogen and oxygen atoms in total.